The summed E-state index contributed by atoms with van der Waals surface area (Å²) in [6.45, 7) is 1.67. The molecule has 3 rings (SSSR count). The van der Waals surface area contributed by atoms with Crippen molar-refractivity contribution in [3.8, 4) is 11.3 Å². The van der Waals surface area contributed by atoms with Crippen LogP contribution in [0.5, 0.6) is 0 Å². The molecule has 0 spiro atoms. The lowest BCUT2D eigenvalue weighted by molar-refractivity contribution is 0.0845. The van der Waals surface area contributed by atoms with Crippen molar-refractivity contribution in [3.05, 3.63) is 24.4 Å². The number of nitrogens with one attached hydrogen (secondary N) is 1. The van der Waals surface area contributed by atoms with Crippen LogP contribution in [0.15, 0.2) is 18.7 Å². The molecule has 0 saturated carbocycles. The third-order valence-corrected chi connectivity index (χ3v) is 3.25. The van der Waals surface area contributed by atoms with Crippen LogP contribution in [0.2, 0.25) is 0 Å². The smallest absolute Gasteiger partial charge is 0.0924 e. The first-order valence-corrected chi connectivity index (χ1v) is 5.94. The van der Waals surface area contributed by atoms with E-state index in [-0.39, 0.29) is 0 Å². The molecule has 0 radical (unpaired) electrons. The lowest BCUT2D eigenvalue weighted by atomic mass is 9.93. The van der Waals surface area contributed by atoms with Gasteiger partial charge in [0.15, 0.2) is 0 Å². The molecule has 0 atom stereocenters. The standard InChI is InChI=1S/C12H16N4O/c1-16-7-10(11-6-13-8-14-11)12(15-16)9-2-4-17-5-3-9/h6-9H,2-5H2,1H3,(H,13,14). The Balaban J connectivity index is 1.98. The molecule has 17 heavy (non-hydrogen) atoms. The Morgan fingerprint density at radius 1 is 1.41 bits per heavy atom. The van der Waals surface area contributed by atoms with E-state index in [1.165, 1.54) is 5.69 Å². The molecule has 0 unspecified atom stereocenters. The summed E-state index contributed by atoms with van der Waals surface area (Å²) in [6.07, 6.45) is 7.71. The molecule has 1 aliphatic rings. The second-order valence-electron chi connectivity index (χ2n) is 4.45. The van der Waals surface area contributed by atoms with E-state index >= 15 is 0 Å². The van der Waals surface area contributed by atoms with Crippen molar-refractivity contribution in [2.45, 2.75) is 18.8 Å². The molecule has 3 heterocycles. The van der Waals surface area contributed by atoms with Gasteiger partial charge >= 0.3 is 0 Å². The van der Waals surface area contributed by atoms with Crippen LogP contribution in [0, 0.1) is 0 Å². The number of imidazole rings is 1. The molecule has 0 aromatic carbocycles. The Labute approximate surface area is 99.8 Å². The highest BCUT2D eigenvalue weighted by atomic mass is 16.5. The van der Waals surface area contributed by atoms with Crippen LogP contribution in [0.4, 0.5) is 0 Å². The van der Waals surface area contributed by atoms with E-state index in [1.807, 2.05) is 17.9 Å². The minimum absolute atomic E-state index is 0.503. The van der Waals surface area contributed by atoms with Crippen molar-refractivity contribution >= 4 is 0 Å². The lowest BCUT2D eigenvalue weighted by Gasteiger charge is -2.21. The minimum atomic E-state index is 0.503. The van der Waals surface area contributed by atoms with Gasteiger partial charge in [-0.2, -0.15) is 5.10 Å². The monoisotopic (exact) mass is 232 g/mol. The van der Waals surface area contributed by atoms with Gasteiger partial charge in [-0.25, -0.2) is 4.98 Å². The van der Waals surface area contributed by atoms with E-state index in [2.05, 4.69) is 21.3 Å². The van der Waals surface area contributed by atoms with E-state index in [0.717, 1.165) is 37.3 Å². The molecule has 1 N–H and O–H groups in total. The first kappa shape index (κ1) is 10.5. The molecule has 1 aliphatic heterocycles. The van der Waals surface area contributed by atoms with Crippen molar-refractivity contribution in [2.24, 2.45) is 7.05 Å². The maximum absolute atomic E-state index is 5.40. The van der Waals surface area contributed by atoms with Crippen LogP contribution < -0.4 is 0 Å². The number of hydrogen-bond donors (Lipinski definition) is 1. The molecule has 0 amide bonds. The van der Waals surface area contributed by atoms with Crippen LogP contribution >= 0.6 is 0 Å². The summed E-state index contributed by atoms with van der Waals surface area (Å²) < 4.78 is 7.28. The first-order valence-electron chi connectivity index (χ1n) is 5.94. The van der Waals surface area contributed by atoms with Gasteiger partial charge in [0, 0.05) is 37.9 Å². The Hall–Kier alpha value is -1.62. The topological polar surface area (TPSA) is 55.7 Å². The Morgan fingerprint density at radius 3 is 2.94 bits per heavy atom. The van der Waals surface area contributed by atoms with Gasteiger partial charge in [0.2, 0.25) is 0 Å². The number of hydrogen-bond acceptors (Lipinski definition) is 3. The summed E-state index contributed by atoms with van der Waals surface area (Å²) in [5.74, 6) is 0.503. The van der Waals surface area contributed by atoms with E-state index in [4.69, 9.17) is 4.74 Å². The Kier molecular flexibility index (Phi) is 2.68. The van der Waals surface area contributed by atoms with Crippen LogP contribution in [0.25, 0.3) is 11.3 Å². The van der Waals surface area contributed by atoms with Gasteiger partial charge < -0.3 is 9.72 Å². The van der Waals surface area contributed by atoms with Gasteiger partial charge in [0.25, 0.3) is 0 Å². The van der Waals surface area contributed by atoms with Gasteiger partial charge in [0.05, 0.1) is 23.9 Å². The fraction of sp³-hybridized carbons (Fsp3) is 0.500. The highest BCUT2D eigenvalue weighted by Gasteiger charge is 2.23. The predicted molar refractivity (Wildman–Crippen MR) is 63.6 cm³/mol. The number of rotatable bonds is 2. The van der Waals surface area contributed by atoms with Crippen molar-refractivity contribution < 1.29 is 4.74 Å². The summed E-state index contributed by atoms with van der Waals surface area (Å²) in [5.41, 5.74) is 3.37. The van der Waals surface area contributed by atoms with E-state index in [9.17, 15) is 0 Å². The molecule has 5 heteroatoms. The first-order chi connectivity index (χ1) is 8.34. The number of aryl methyl sites for hydroxylation is 1. The van der Waals surface area contributed by atoms with Crippen molar-refractivity contribution in [1.29, 1.82) is 0 Å². The minimum Gasteiger partial charge on any atom is -0.381 e. The fourth-order valence-corrected chi connectivity index (χ4v) is 2.39. The highest BCUT2D eigenvalue weighted by Crippen LogP contribution is 2.32. The zero-order valence-corrected chi connectivity index (χ0v) is 9.89. The van der Waals surface area contributed by atoms with Crippen LogP contribution in [-0.2, 0) is 11.8 Å². The number of H-pyrrole nitrogens is 1. The van der Waals surface area contributed by atoms with Gasteiger partial charge in [0.1, 0.15) is 0 Å². The molecule has 1 fully saturated rings. The highest BCUT2D eigenvalue weighted by molar-refractivity contribution is 5.61. The molecule has 90 valence electrons. The van der Waals surface area contributed by atoms with Crippen molar-refractivity contribution in [1.82, 2.24) is 19.7 Å². The van der Waals surface area contributed by atoms with Gasteiger partial charge in [-0.3, -0.25) is 4.68 Å². The average Bonchev–Trinajstić information content (AvgIpc) is 2.98. The Morgan fingerprint density at radius 2 is 2.24 bits per heavy atom. The third-order valence-electron chi connectivity index (χ3n) is 3.25. The maximum Gasteiger partial charge on any atom is 0.0924 e. The zero-order valence-electron chi connectivity index (χ0n) is 9.89. The second-order valence-corrected chi connectivity index (χ2v) is 4.45. The summed E-state index contributed by atoms with van der Waals surface area (Å²) >= 11 is 0. The predicted octanol–water partition coefficient (Wildman–Crippen LogP) is 1.70. The van der Waals surface area contributed by atoms with E-state index < -0.39 is 0 Å². The van der Waals surface area contributed by atoms with Crippen molar-refractivity contribution in [2.75, 3.05) is 13.2 Å². The normalized spacial score (nSPS) is 17.5. The molecule has 1 saturated heterocycles. The molecule has 5 nitrogen and oxygen atoms in total. The van der Waals surface area contributed by atoms with E-state index in [0.29, 0.717) is 5.92 Å². The van der Waals surface area contributed by atoms with Crippen LogP contribution in [-0.4, -0.2) is 33.0 Å². The quantitative estimate of drug-likeness (QED) is 0.857. The van der Waals surface area contributed by atoms with Gasteiger partial charge in [-0.1, -0.05) is 0 Å². The summed E-state index contributed by atoms with van der Waals surface area (Å²) in [5, 5.41) is 4.60. The lowest BCUT2D eigenvalue weighted by Crippen LogP contribution is -2.15. The van der Waals surface area contributed by atoms with Crippen molar-refractivity contribution in [3.63, 3.8) is 0 Å². The van der Waals surface area contributed by atoms with E-state index in [1.54, 1.807) is 6.33 Å². The molecule has 0 aliphatic carbocycles. The molecule has 2 aromatic rings. The van der Waals surface area contributed by atoms with Crippen LogP contribution in [0.3, 0.4) is 0 Å². The fourth-order valence-electron chi connectivity index (χ4n) is 2.39. The second kappa shape index (κ2) is 4.33. The molecular formula is C12H16N4O. The zero-order chi connectivity index (χ0) is 11.7. The molecule has 0 bridgehead atoms. The average molecular weight is 232 g/mol. The largest absolute Gasteiger partial charge is 0.381 e. The number of aromatic nitrogens is 4. The van der Waals surface area contributed by atoms with Gasteiger partial charge in [-0.15, -0.1) is 0 Å². The Bertz CT molecular complexity index is 483. The van der Waals surface area contributed by atoms with Crippen LogP contribution in [0.1, 0.15) is 24.5 Å². The SMILES string of the molecule is Cn1cc(-c2cnc[nH]2)c(C2CCOCC2)n1. The maximum atomic E-state index is 5.40. The summed E-state index contributed by atoms with van der Waals surface area (Å²) in [7, 11) is 1.96. The number of nitrogens with zero attached hydrogens (tertiary/aromatic N) is 3. The molecular weight excluding hydrogens is 216 g/mol. The number of ether oxygens (including phenoxy) is 1. The third kappa shape index (κ3) is 1.98. The summed E-state index contributed by atoms with van der Waals surface area (Å²) in [6, 6.07) is 0. The van der Waals surface area contributed by atoms with Gasteiger partial charge in [-0.05, 0) is 12.8 Å². The molecule has 2 aromatic heterocycles. The number of aromatic amines is 1. The summed E-state index contributed by atoms with van der Waals surface area (Å²) in [4.78, 5) is 7.23.